The van der Waals surface area contributed by atoms with Crippen molar-refractivity contribution in [1.29, 1.82) is 0 Å². The highest BCUT2D eigenvalue weighted by Gasteiger charge is 2.46. The molecule has 1 amide bonds. The maximum atomic E-state index is 14.9. The van der Waals surface area contributed by atoms with Crippen molar-refractivity contribution in [3.05, 3.63) is 111 Å². The molecule has 4 nitrogen and oxygen atoms in total. The summed E-state index contributed by atoms with van der Waals surface area (Å²) in [6.07, 6.45) is 0. The standard InChI is InChI=1S/C24H16Cl2FNO3/c1-13-12-15(25)10-11-16(13)21-19(22(29)14-6-3-2-4-7-14)23(30)24(31)28(21)18-9-5-8-17(26)20(18)27/h2-12,21,30H,1H3. The van der Waals surface area contributed by atoms with Crippen molar-refractivity contribution in [2.45, 2.75) is 13.0 Å². The fourth-order valence-corrected chi connectivity index (χ4v) is 4.15. The van der Waals surface area contributed by atoms with Gasteiger partial charge in [-0.2, -0.15) is 0 Å². The topological polar surface area (TPSA) is 57.6 Å². The number of aliphatic hydroxyl groups excluding tert-OH is 1. The summed E-state index contributed by atoms with van der Waals surface area (Å²) in [7, 11) is 0. The van der Waals surface area contributed by atoms with Crippen molar-refractivity contribution in [3.63, 3.8) is 0 Å². The van der Waals surface area contributed by atoms with E-state index in [-0.39, 0.29) is 16.3 Å². The molecule has 1 unspecified atom stereocenters. The van der Waals surface area contributed by atoms with Crippen LogP contribution in [0, 0.1) is 12.7 Å². The van der Waals surface area contributed by atoms with Crippen LogP contribution in [0.4, 0.5) is 10.1 Å². The summed E-state index contributed by atoms with van der Waals surface area (Å²) >= 11 is 12.0. The SMILES string of the molecule is Cc1cc(Cl)ccc1C1C(C(=O)c2ccccc2)=C(O)C(=O)N1c1cccc(Cl)c1F. The third-order valence-corrected chi connectivity index (χ3v) is 5.73. The molecule has 1 N–H and O–H groups in total. The second-order valence-corrected chi connectivity index (χ2v) is 7.95. The van der Waals surface area contributed by atoms with Crippen molar-refractivity contribution in [2.75, 3.05) is 4.90 Å². The molecule has 156 valence electrons. The number of Topliss-reactive ketones (excluding diaryl/α,β-unsaturated/α-hetero) is 1. The minimum atomic E-state index is -1.06. The van der Waals surface area contributed by atoms with Crippen molar-refractivity contribution < 1.29 is 19.1 Å². The zero-order chi connectivity index (χ0) is 22.3. The van der Waals surface area contributed by atoms with Crippen LogP contribution in [-0.4, -0.2) is 16.8 Å². The van der Waals surface area contributed by atoms with Crippen molar-refractivity contribution in [3.8, 4) is 0 Å². The molecule has 0 saturated heterocycles. The third kappa shape index (κ3) is 3.60. The van der Waals surface area contributed by atoms with Gasteiger partial charge in [0.15, 0.2) is 17.4 Å². The second-order valence-electron chi connectivity index (χ2n) is 7.11. The maximum absolute atomic E-state index is 14.9. The molecule has 1 heterocycles. The van der Waals surface area contributed by atoms with E-state index in [2.05, 4.69) is 0 Å². The Kier molecular flexibility index (Phi) is 5.56. The summed E-state index contributed by atoms with van der Waals surface area (Å²) in [6.45, 7) is 1.76. The minimum absolute atomic E-state index is 0.138. The molecule has 1 aliphatic rings. The van der Waals surface area contributed by atoms with Gasteiger partial charge in [0.1, 0.15) is 0 Å². The van der Waals surface area contributed by atoms with E-state index in [1.807, 2.05) is 0 Å². The fourth-order valence-electron chi connectivity index (χ4n) is 3.75. The number of halogens is 3. The number of ketones is 1. The first-order valence-corrected chi connectivity index (χ1v) is 10.1. The van der Waals surface area contributed by atoms with Gasteiger partial charge in [0, 0.05) is 10.6 Å². The number of amides is 1. The van der Waals surface area contributed by atoms with E-state index < -0.39 is 29.3 Å². The highest BCUT2D eigenvalue weighted by Crippen LogP contribution is 2.44. The Morgan fingerprint density at radius 3 is 2.42 bits per heavy atom. The van der Waals surface area contributed by atoms with Crippen molar-refractivity contribution in [1.82, 2.24) is 0 Å². The number of aliphatic hydroxyl groups is 1. The molecular weight excluding hydrogens is 440 g/mol. The van der Waals surface area contributed by atoms with Gasteiger partial charge >= 0.3 is 0 Å². The van der Waals surface area contributed by atoms with Gasteiger partial charge in [0.2, 0.25) is 0 Å². The van der Waals surface area contributed by atoms with Crippen LogP contribution in [0.5, 0.6) is 0 Å². The number of carbonyl (C=O) groups excluding carboxylic acids is 2. The lowest BCUT2D eigenvalue weighted by Crippen LogP contribution is -2.32. The molecule has 0 saturated carbocycles. The van der Waals surface area contributed by atoms with Gasteiger partial charge in [-0.3, -0.25) is 14.5 Å². The van der Waals surface area contributed by atoms with E-state index in [0.717, 1.165) is 4.90 Å². The molecule has 0 aromatic heterocycles. The Hall–Kier alpha value is -3.15. The Balaban J connectivity index is 1.96. The smallest absolute Gasteiger partial charge is 0.294 e. The predicted octanol–water partition coefficient (Wildman–Crippen LogP) is 6.22. The Morgan fingerprint density at radius 2 is 1.74 bits per heavy atom. The molecule has 7 heteroatoms. The van der Waals surface area contributed by atoms with Crippen LogP contribution in [0.15, 0.2) is 78.1 Å². The summed E-state index contributed by atoms with van der Waals surface area (Å²) < 4.78 is 14.9. The number of rotatable bonds is 4. The third-order valence-electron chi connectivity index (χ3n) is 5.21. The molecule has 4 rings (SSSR count). The molecule has 0 spiro atoms. The van der Waals surface area contributed by atoms with Crippen LogP contribution >= 0.6 is 23.2 Å². The lowest BCUT2D eigenvalue weighted by atomic mass is 9.90. The summed E-state index contributed by atoms with van der Waals surface area (Å²) in [5.74, 6) is -2.97. The number of benzene rings is 3. The lowest BCUT2D eigenvalue weighted by Gasteiger charge is -2.28. The molecule has 1 atom stereocenters. The van der Waals surface area contributed by atoms with Gasteiger partial charge in [-0.1, -0.05) is 65.7 Å². The van der Waals surface area contributed by atoms with Gasteiger partial charge < -0.3 is 5.11 Å². The summed E-state index contributed by atoms with van der Waals surface area (Å²) in [6, 6.07) is 16.4. The van der Waals surface area contributed by atoms with Crippen LogP contribution < -0.4 is 4.90 Å². The predicted molar refractivity (Wildman–Crippen MR) is 118 cm³/mol. The van der Waals surface area contributed by atoms with Crippen LogP contribution in [-0.2, 0) is 4.79 Å². The Bertz CT molecular complexity index is 1240. The minimum Gasteiger partial charge on any atom is -0.503 e. The quantitative estimate of drug-likeness (QED) is 0.474. The largest absolute Gasteiger partial charge is 0.503 e. The average Bonchev–Trinajstić information content (AvgIpc) is 3.01. The van der Waals surface area contributed by atoms with E-state index in [1.165, 1.54) is 18.2 Å². The normalized spacial score (nSPS) is 16.2. The number of carbonyl (C=O) groups is 2. The van der Waals surface area contributed by atoms with Crippen LogP contribution in [0.3, 0.4) is 0 Å². The molecule has 0 radical (unpaired) electrons. The van der Waals surface area contributed by atoms with Crippen LogP contribution in [0.25, 0.3) is 0 Å². The Labute approximate surface area is 188 Å². The number of nitrogens with zero attached hydrogens (tertiary/aromatic N) is 1. The maximum Gasteiger partial charge on any atom is 0.294 e. The van der Waals surface area contributed by atoms with Crippen molar-refractivity contribution in [2.24, 2.45) is 0 Å². The molecule has 3 aromatic carbocycles. The molecule has 3 aromatic rings. The molecule has 1 aliphatic heterocycles. The highest BCUT2D eigenvalue weighted by atomic mass is 35.5. The van der Waals surface area contributed by atoms with Crippen LogP contribution in [0.2, 0.25) is 10.0 Å². The number of hydrogen-bond donors (Lipinski definition) is 1. The van der Waals surface area contributed by atoms with Gasteiger partial charge in [-0.05, 0) is 42.3 Å². The fraction of sp³-hybridized carbons (Fsp3) is 0.0833. The first kappa shape index (κ1) is 21.1. The first-order chi connectivity index (χ1) is 14.8. The zero-order valence-electron chi connectivity index (χ0n) is 16.3. The van der Waals surface area contributed by atoms with Gasteiger partial charge in [0.05, 0.1) is 22.3 Å². The van der Waals surface area contributed by atoms with Gasteiger partial charge in [-0.25, -0.2) is 4.39 Å². The van der Waals surface area contributed by atoms with E-state index >= 15 is 0 Å². The van der Waals surface area contributed by atoms with E-state index in [1.54, 1.807) is 55.5 Å². The molecule has 0 fully saturated rings. The number of aryl methyl sites for hydroxylation is 1. The molecule has 0 aliphatic carbocycles. The molecular formula is C24H16Cl2FNO3. The average molecular weight is 456 g/mol. The first-order valence-electron chi connectivity index (χ1n) is 9.37. The summed E-state index contributed by atoms with van der Waals surface area (Å²) in [5.41, 5.74) is 1.22. The summed E-state index contributed by atoms with van der Waals surface area (Å²) in [4.78, 5) is 27.5. The van der Waals surface area contributed by atoms with Crippen LogP contribution in [0.1, 0.15) is 27.5 Å². The Morgan fingerprint density at radius 1 is 1.03 bits per heavy atom. The highest BCUT2D eigenvalue weighted by molar-refractivity contribution is 6.31. The number of hydrogen-bond acceptors (Lipinski definition) is 3. The summed E-state index contributed by atoms with van der Waals surface area (Å²) in [5, 5.41) is 11.0. The van der Waals surface area contributed by atoms with Gasteiger partial charge in [-0.15, -0.1) is 0 Å². The van der Waals surface area contributed by atoms with E-state index in [9.17, 15) is 19.1 Å². The molecule has 31 heavy (non-hydrogen) atoms. The second kappa shape index (κ2) is 8.17. The van der Waals surface area contributed by atoms with E-state index in [4.69, 9.17) is 23.2 Å². The zero-order valence-corrected chi connectivity index (χ0v) is 17.8. The van der Waals surface area contributed by atoms with Gasteiger partial charge in [0.25, 0.3) is 5.91 Å². The lowest BCUT2D eigenvalue weighted by molar-refractivity contribution is -0.117. The number of anilines is 1. The monoisotopic (exact) mass is 455 g/mol. The van der Waals surface area contributed by atoms with E-state index in [0.29, 0.717) is 21.7 Å². The van der Waals surface area contributed by atoms with Crippen molar-refractivity contribution >= 4 is 40.6 Å². The molecule has 0 bridgehead atoms.